The van der Waals surface area contributed by atoms with Gasteiger partial charge in [0, 0.05) is 41.8 Å². The first-order valence-corrected chi connectivity index (χ1v) is 9.96. The Labute approximate surface area is 174 Å². The van der Waals surface area contributed by atoms with Crippen molar-refractivity contribution in [2.24, 2.45) is 0 Å². The van der Waals surface area contributed by atoms with Crippen LogP contribution in [0.15, 0.2) is 48.5 Å². The molecule has 0 bridgehead atoms. The summed E-state index contributed by atoms with van der Waals surface area (Å²) in [5.41, 5.74) is 1.44. The minimum absolute atomic E-state index is 0.0319. The lowest BCUT2D eigenvalue weighted by atomic mass is 10.0. The summed E-state index contributed by atoms with van der Waals surface area (Å²) in [6, 6.07) is 13.6. The van der Waals surface area contributed by atoms with E-state index in [0.29, 0.717) is 48.4 Å². The molecule has 28 heavy (non-hydrogen) atoms. The van der Waals surface area contributed by atoms with Gasteiger partial charge in [0.1, 0.15) is 6.04 Å². The molecule has 2 aromatic carbocycles. The molecule has 1 aliphatic rings. The molecule has 0 unspecified atom stereocenters. The molecule has 0 aromatic heterocycles. The van der Waals surface area contributed by atoms with Crippen molar-refractivity contribution in [1.29, 1.82) is 0 Å². The number of carbonyl (C=O) groups excluding carboxylic acids is 2. The number of nitrogens with zero attached hydrogens (tertiary/aromatic N) is 2. The molecule has 1 atom stereocenters. The first kappa shape index (κ1) is 20.6. The molecular weight excluding hydrogens is 399 g/mol. The number of amides is 1. The number of esters is 1. The molecule has 0 spiro atoms. The second-order valence-corrected chi connectivity index (χ2v) is 7.41. The average molecular weight is 421 g/mol. The minimum Gasteiger partial charge on any atom is -0.465 e. The van der Waals surface area contributed by atoms with Gasteiger partial charge in [-0.25, -0.2) is 4.79 Å². The second kappa shape index (κ2) is 9.41. The quantitative estimate of drug-likeness (QED) is 0.684. The normalized spacial score (nSPS) is 15.9. The van der Waals surface area contributed by atoms with Gasteiger partial charge in [-0.2, -0.15) is 0 Å². The smallest absolute Gasteiger partial charge is 0.328 e. The molecule has 1 fully saturated rings. The average Bonchev–Trinajstić information content (AvgIpc) is 2.70. The summed E-state index contributed by atoms with van der Waals surface area (Å²) in [6.45, 7) is 4.32. The highest BCUT2D eigenvalue weighted by atomic mass is 35.5. The van der Waals surface area contributed by atoms with Crippen molar-refractivity contribution in [1.82, 2.24) is 9.80 Å². The summed E-state index contributed by atoms with van der Waals surface area (Å²) >= 11 is 11.9. The van der Waals surface area contributed by atoms with E-state index < -0.39 is 6.04 Å². The lowest BCUT2D eigenvalue weighted by Crippen LogP contribution is -2.51. The van der Waals surface area contributed by atoms with Crippen LogP contribution in [0.3, 0.4) is 0 Å². The van der Waals surface area contributed by atoms with Crippen LogP contribution in [0.2, 0.25) is 10.0 Å². The van der Waals surface area contributed by atoms with E-state index in [-0.39, 0.29) is 11.9 Å². The van der Waals surface area contributed by atoms with Gasteiger partial charge in [0.25, 0.3) is 5.91 Å². The number of hydrogen-bond acceptors (Lipinski definition) is 4. The second-order valence-electron chi connectivity index (χ2n) is 6.54. The standard InChI is InChI=1S/C21H22Cl2N2O3/c1-2-28-21(27)19(15-3-7-17(22)8-4-15)24-11-13-25(14-12-24)20(26)16-5-9-18(23)10-6-16/h3-10,19H,2,11-14H2,1H3/t19-/m1/s1. The Morgan fingerprint density at radius 2 is 1.46 bits per heavy atom. The summed E-state index contributed by atoms with van der Waals surface area (Å²) in [5.74, 6) is -0.321. The molecule has 1 amide bonds. The van der Waals surface area contributed by atoms with E-state index in [9.17, 15) is 9.59 Å². The maximum Gasteiger partial charge on any atom is 0.328 e. The number of piperazine rings is 1. The monoisotopic (exact) mass is 420 g/mol. The van der Waals surface area contributed by atoms with E-state index in [0.717, 1.165) is 5.56 Å². The highest BCUT2D eigenvalue weighted by Gasteiger charge is 2.32. The zero-order valence-electron chi connectivity index (χ0n) is 15.6. The fourth-order valence-electron chi connectivity index (χ4n) is 3.32. The third-order valence-electron chi connectivity index (χ3n) is 4.75. The molecular formula is C21H22Cl2N2O3. The van der Waals surface area contributed by atoms with E-state index in [1.165, 1.54) is 0 Å². The van der Waals surface area contributed by atoms with Crippen LogP contribution in [0.4, 0.5) is 0 Å². The fourth-order valence-corrected chi connectivity index (χ4v) is 3.57. The number of ether oxygens (including phenoxy) is 1. The Balaban J connectivity index is 1.71. The van der Waals surface area contributed by atoms with Gasteiger partial charge in [-0.1, -0.05) is 35.3 Å². The Bertz CT molecular complexity index is 817. The van der Waals surface area contributed by atoms with E-state index in [1.54, 1.807) is 48.2 Å². The van der Waals surface area contributed by atoms with Crippen LogP contribution in [-0.4, -0.2) is 54.5 Å². The maximum absolute atomic E-state index is 12.7. The zero-order valence-corrected chi connectivity index (χ0v) is 17.1. The zero-order chi connectivity index (χ0) is 20.1. The van der Waals surface area contributed by atoms with Crippen molar-refractivity contribution in [3.05, 3.63) is 69.7 Å². The molecule has 0 N–H and O–H groups in total. The Morgan fingerprint density at radius 3 is 2.00 bits per heavy atom. The third kappa shape index (κ3) is 4.85. The van der Waals surface area contributed by atoms with Crippen molar-refractivity contribution in [3.8, 4) is 0 Å². The SMILES string of the molecule is CCOC(=O)[C@@H](c1ccc(Cl)cc1)N1CCN(C(=O)c2ccc(Cl)cc2)CC1. The molecule has 5 nitrogen and oxygen atoms in total. The van der Waals surface area contributed by atoms with E-state index in [2.05, 4.69) is 0 Å². The summed E-state index contributed by atoms with van der Waals surface area (Å²) in [5, 5.41) is 1.21. The number of hydrogen-bond donors (Lipinski definition) is 0. The molecule has 1 heterocycles. The highest BCUT2D eigenvalue weighted by molar-refractivity contribution is 6.30. The van der Waals surface area contributed by atoms with Crippen molar-refractivity contribution in [2.75, 3.05) is 32.8 Å². The minimum atomic E-state index is -0.509. The van der Waals surface area contributed by atoms with Crippen LogP contribution in [0.1, 0.15) is 28.9 Å². The molecule has 1 aliphatic heterocycles. The molecule has 3 rings (SSSR count). The van der Waals surface area contributed by atoms with Gasteiger partial charge in [-0.3, -0.25) is 9.69 Å². The van der Waals surface area contributed by atoms with Crippen molar-refractivity contribution in [3.63, 3.8) is 0 Å². The number of benzene rings is 2. The van der Waals surface area contributed by atoms with E-state index in [1.807, 2.05) is 17.0 Å². The first-order valence-electron chi connectivity index (χ1n) is 9.20. The van der Waals surface area contributed by atoms with Crippen LogP contribution in [0.5, 0.6) is 0 Å². The third-order valence-corrected chi connectivity index (χ3v) is 5.26. The van der Waals surface area contributed by atoms with Gasteiger partial charge in [-0.15, -0.1) is 0 Å². The van der Waals surface area contributed by atoms with Crippen LogP contribution in [-0.2, 0) is 9.53 Å². The van der Waals surface area contributed by atoms with E-state index >= 15 is 0 Å². The molecule has 0 saturated carbocycles. The maximum atomic E-state index is 12.7. The lowest BCUT2D eigenvalue weighted by Gasteiger charge is -2.38. The van der Waals surface area contributed by atoms with Gasteiger partial charge in [0.2, 0.25) is 0 Å². The number of halogens is 2. The molecule has 0 radical (unpaired) electrons. The van der Waals surface area contributed by atoms with E-state index in [4.69, 9.17) is 27.9 Å². The Hall–Kier alpha value is -2.08. The highest BCUT2D eigenvalue weighted by Crippen LogP contribution is 2.26. The number of rotatable bonds is 5. The summed E-state index contributed by atoms with van der Waals surface area (Å²) in [7, 11) is 0. The Morgan fingerprint density at radius 1 is 0.929 bits per heavy atom. The number of carbonyl (C=O) groups is 2. The molecule has 0 aliphatic carbocycles. The molecule has 2 aromatic rings. The van der Waals surface area contributed by atoms with Gasteiger partial charge in [0.05, 0.1) is 6.61 Å². The molecule has 7 heteroatoms. The summed E-state index contributed by atoms with van der Waals surface area (Å²) in [4.78, 5) is 29.1. The topological polar surface area (TPSA) is 49.9 Å². The van der Waals surface area contributed by atoms with Crippen LogP contribution in [0.25, 0.3) is 0 Å². The summed E-state index contributed by atoms with van der Waals surface area (Å²) < 4.78 is 5.29. The molecule has 1 saturated heterocycles. The Kier molecular flexibility index (Phi) is 6.94. The van der Waals surface area contributed by atoms with Crippen LogP contribution >= 0.6 is 23.2 Å². The van der Waals surface area contributed by atoms with Crippen LogP contribution in [0, 0.1) is 0 Å². The fraction of sp³-hybridized carbons (Fsp3) is 0.333. The first-order chi connectivity index (χ1) is 13.5. The van der Waals surface area contributed by atoms with Crippen LogP contribution < -0.4 is 0 Å². The largest absolute Gasteiger partial charge is 0.465 e. The predicted octanol–water partition coefficient (Wildman–Crippen LogP) is 4.06. The van der Waals surface area contributed by atoms with Crippen molar-refractivity contribution >= 4 is 35.1 Å². The van der Waals surface area contributed by atoms with Gasteiger partial charge in [0.15, 0.2) is 0 Å². The van der Waals surface area contributed by atoms with Gasteiger partial charge in [-0.05, 0) is 48.9 Å². The van der Waals surface area contributed by atoms with Crippen molar-refractivity contribution in [2.45, 2.75) is 13.0 Å². The lowest BCUT2D eigenvalue weighted by molar-refractivity contribution is -0.150. The van der Waals surface area contributed by atoms with Gasteiger partial charge >= 0.3 is 5.97 Å². The van der Waals surface area contributed by atoms with Crippen molar-refractivity contribution < 1.29 is 14.3 Å². The molecule has 148 valence electrons. The predicted molar refractivity (Wildman–Crippen MR) is 110 cm³/mol. The summed E-state index contributed by atoms with van der Waals surface area (Å²) in [6.07, 6.45) is 0. The van der Waals surface area contributed by atoms with Gasteiger partial charge < -0.3 is 9.64 Å².